The molecule has 1 aromatic rings. The van der Waals surface area contributed by atoms with Crippen LogP contribution in [0.4, 0.5) is 11.4 Å². The molecule has 0 amide bonds. The van der Waals surface area contributed by atoms with Crippen molar-refractivity contribution >= 4 is 21.7 Å². The van der Waals surface area contributed by atoms with E-state index in [1.165, 1.54) is 0 Å². The molecule has 8 heteroatoms. The monoisotopic (exact) mass is 279 g/mol. The number of hydrogen-bond acceptors (Lipinski definition) is 5. The summed E-state index contributed by atoms with van der Waals surface area (Å²) in [6, 6.07) is 6.84. The summed E-state index contributed by atoms with van der Waals surface area (Å²) in [7, 11) is -4.66. The second kappa shape index (κ2) is 7.85. The summed E-state index contributed by atoms with van der Waals surface area (Å²) >= 11 is 0. The predicted molar refractivity (Wildman–Crippen MR) is 64.2 cm³/mol. The maximum Gasteiger partial charge on any atom is 1.00 e. The fourth-order valence-corrected chi connectivity index (χ4v) is 1.61. The minimum absolute atomic E-state index is 0. The minimum atomic E-state index is -4.66. The van der Waals surface area contributed by atoms with E-state index < -0.39 is 10.3 Å². The molecule has 0 N–H and O–H groups in total. The van der Waals surface area contributed by atoms with Crippen molar-refractivity contribution in [2.75, 3.05) is 18.0 Å². The first-order valence-electron chi connectivity index (χ1n) is 5.20. The first-order valence-corrected chi connectivity index (χ1v) is 6.56. The Kier molecular flexibility index (Phi) is 7.65. The van der Waals surface area contributed by atoms with Gasteiger partial charge in [0.25, 0.3) is 0 Å². The van der Waals surface area contributed by atoms with Gasteiger partial charge < -0.3 is 9.45 Å². The SMILES string of the molecule is CCN(CC)c1ccc(N=NS(=O)(=O)[O-])cc1.[Na+]. The standard InChI is InChI=1S/C10H15N3O3S.Na/c1-3-13(4-2)10-7-5-9(6-8-10)11-12-17(14,15)16;/h5-8H,3-4H2,1-2H3,(H,14,15,16);/q;+1/p-1. The number of hydrogen-bond donors (Lipinski definition) is 0. The molecule has 0 spiro atoms. The number of nitrogens with zero attached hydrogens (tertiary/aromatic N) is 3. The van der Waals surface area contributed by atoms with Crippen molar-refractivity contribution in [2.45, 2.75) is 13.8 Å². The molecule has 0 aliphatic heterocycles. The van der Waals surface area contributed by atoms with Gasteiger partial charge in [-0.2, -0.15) is 0 Å². The Hall–Kier alpha value is -0.470. The molecular formula is C10H14N3NaO3S. The van der Waals surface area contributed by atoms with E-state index in [-0.39, 0.29) is 29.6 Å². The second-order valence-corrected chi connectivity index (χ2v) is 4.32. The average molecular weight is 279 g/mol. The van der Waals surface area contributed by atoms with Crippen LogP contribution in [0.15, 0.2) is 33.9 Å². The van der Waals surface area contributed by atoms with Gasteiger partial charge in [0.15, 0.2) is 0 Å². The van der Waals surface area contributed by atoms with Crippen LogP contribution in [0.5, 0.6) is 0 Å². The van der Waals surface area contributed by atoms with Gasteiger partial charge in [-0.05, 0) is 38.1 Å². The van der Waals surface area contributed by atoms with Gasteiger partial charge in [-0.25, -0.2) is 8.42 Å². The van der Waals surface area contributed by atoms with Crippen LogP contribution in [0.3, 0.4) is 0 Å². The molecule has 0 atom stereocenters. The van der Waals surface area contributed by atoms with Crippen LogP contribution in [0.1, 0.15) is 13.8 Å². The van der Waals surface area contributed by atoms with E-state index in [1.807, 2.05) is 13.8 Å². The molecule has 0 heterocycles. The van der Waals surface area contributed by atoms with E-state index in [0.717, 1.165) is 18.8 Å². The molecule has 18 heavy (non-hydrogen) atoms. The summed E-state index contributed by atoms with van der Waals surface area (Å²) in [4.78, 5) is 2.13. The van der Waals surface area contributed by atoms with Gasteiger partial charge in [0.2, 0.25) is 10.3 Å². The van der Waals surface area contributed by atoms with Crippen molar-refractivity contribution < 1.29 is 42.5 Å². The molecular weight excluding hydrogens is 265 g/mol. The Bertz CT molecular complexity index is 484. The maximum atomic E-state index is 10.2. The molecule has 0 aromatic heterocycles. The molecule has 1 rings (SSSR count). The van der Waals surface area contributed by atoms with Crippen LogP contribution < -0.4 is 34.5 Å². The van der Waals surface area contributed by atoms with E-state index >= 15 is 0 Å². The van der Waals surface area contributed by atoms with Crippen LogP contribution >= 0.6 is 0 Å². The first kappa shape index (κ1) is 17.5. The molecule has 0 saturated heterocycles. The second-order valence-electron chi connectivity index (χ2n) is 3.30. The molecule has 0 saturated carbocycles. The van der Waals surface area contributed by atoms with Crippen molar-refractivity contribution in [3.63, 3.8) is 0 Å². The molecule has 0 radical (unpaired) electrons. The Labute approximate surface area is 129 Å². The third-order valence-corrected chi connectivity index (χ3v) is 2.52. The van der Waals surface area contributed by atoms with Crippen LogP contribution in [0, 0.1) is 0 Å². The summed E-state index contributed by atoms with van der Waals surface area (Å²) < 4.78 is 33.4. The summed E-state index contributed by atoms with van der Waals surface area (Å²) in [5.74, 6) is 0. The Morgan fingerprint density at radius 3 is 2.06 bits per heavy atom. The van der Waals surface area contributed by atoms with E-state index in [2.05, 4.69) is 14.5 Å². The normalized spacial score (nSPS) is 11.3. The molecule has 0 aliphatic rings. The van der Waals surface area contributed by atoms with Crippen molar-refractivity contribution in [1.82, 2.24) is 0 Å². The molecule has 6 nitrogen and oxygen atoms in total. The minimum Gasteiger partial charge on any atom is -0.728 e. The Morgan fingerprint density at radius 1 is 1.17 bits per heavy atom. The van der Waals surface area contributed by atoms with Gasteiger partial charge in [0, 0.05) is 18.8 Å². The van der Waals surface area contributed by atoms with Crippen molar-refractivity contribution in [2.24, 2.45) is 9.63 Å². The molecule has 1 aromatic carbocycles. The molecule has 0 unspecified atom stereocenters. The van der Waals surface area contributed by atoms with Gasteiger partial charge in [-0.3, -0.25) is 0 Å². The molecule has 94 valence electrons. The Morgan fingerprint density at radius 2 is 1.67 bits per heavy atom. The zero-order chi connectivity index (χ0) is 12.9. The summed E-state index contributed by atoms with van der Waals surface area (Å²) in [5.41, 5.74) is 1.35. The average Bonchev–Trinajstić information content (AvgIpc) is 2.29. The first-order chi connectivity index (χ1) is 7.96. The van der Waals surface area contributed by atoms with Crippen LogP contribution in [-0.2, 0) is 10.3 Å². The van der Waals surface area contributed by atoms with E-state index in [1.54, 1.807) is 24.3 Å². The summed E-state index contributed by atoms with van der Waals surface area (Å²) in [6.07, 6.45) is 0. The van der Waals surface area contributed by atoms with Crippen LogP contribution in [-0.4, -0.2) is 26.1 Å². The van der Waals surface area contributed by atoms with Gasteiger partial charge in [0.1, 0.15) is 0 Å². The van der Waals surface area contributed by atoms with E-state index in [9.17, 15) is 13.0 Å². The van der Waals surface area contributed by atoms with Crippen molar-refractivity contribution in [1.29, 1.82) is 0 Å². The third kappa shape index (κ3) is 5.92. The van der Waals surface area contributed by atoms with Crippen molar-refractivity contribution in [3.05, 3.63) is 24.3 Å². The molecule has 0 aliphatic carbocycles. The largest absolute Gasteiger partial charge is 1.00 e. The van der Waals surface area contributed by atoms with E-state index in [0.29, 0.717) is 5.69 Å². The Balaban J connectivity index is 0.00000289. The quantitative estimate of drug-likeness (QED) is 0.396. The molecule has 0 fully saturated rings. The van der Waals surface area contributed by atoms with Crippen LogP contribution in [0.2, 0.25) is 0 Å². The maximum absolute atomic E-state index is 10.2. The smallest absolute Gasteiger partial charge is 0.728 e. The van der Waals surface area contributed by atoms with Gasteiger partial charge in [0.05, 0.1) is 5.69 Å². The zero-order valence-corrected chi connectivity index (χ0v) is 13.5. The fourth-order valence-electron chi connectivity index (χ4n) is 1.42. The fraction of sp³-hybridized carbons (Fsp3) is 0.400. The number of benzene rings is 1. The van der Waals surface area contributed by atoms with Gasteiger partial charge >= 0.3 is 29.6 Å². The van der Waals surface area contributed by atoms with Gasteiger partial charge in [-0.15, -0.1) is 5.11 Å². The third-order valence-electron chi connectivity index (χ3n) is 2.23. The van der Waals surface area contributed by atoms with Gasteiger partial charge in [-0.1, -0.05) is 4.52 Å². The summed E-state index contributed by atoms with van der Waals surface area (Å²) in [6.45, 7) is 5.85. The van der Waals surface area contributed by atoms with E-state index in [4.69, 9.17) is 0 Å². The zero-order valence-electron chi connectivity index (χ0n) is 10.7. The number of rotatable bonds is 5. The van der Waals surface area contributed by atoms with Crippen molar-refractivity contribution in [3.8, 4) is 0 Å². The summed E-state index contributed by atoms with van der Waals surface area (Å²) in [5, 5.41) is 3.34. The number of anilines is 1. The molecule has 0 bridgehead atoms. The predicted octanol–water partition coefficient (Wildman–Crippen LogP) is -0.919. The van der Waals surface area contributed by atoms with Crippen LogP contribution in [0.25, 0.3) is 0 Å². The topological polar surface area (TPSA) is 85.2 Å².